The van der Waals surface area contributed by atoms with Crippen molar-refractivity contribution in [1.82, 2.24) is 0 Å². The van der Waals surface area contributed by atoms with Crippen molar-refractivity contribution < 1.29 is 9.59 Å². The third-order valence-corrected chi connectivity index (χ3v) is 6.49. The Hall–Kier alpha value is -3.66. The number of hydrogen-bond acceptors (Lipinski definition) is 3. The molecule has 0 saturated heterocycles. The number of nitrogens with zero attached hydrogens (tertiary/aromatic N) is 1. The van der Waals surface area contributed by atoms with Gasteiger partial charge in [-0.25, -0.2) is 4.90 Å². The molecule has 4 rings (SSSR count). The minimum absolute atomic E-state index is 0.0291. The second kappa shape index (κ2) is 8.60. The Balaban J connectivity index is 1.82. The van der Waals surface area contributed by atoms with Crippen LogP contribution < -0.4 is 10.2 Å². The van der Waals surface area contributed by atoms with E-state index in [-0.39, 0.29) is 17.2 Å². The molecular weight excluding hydrogens is 420 g/mol. The molecule has 2 amide bonds. The van der Waals surface area contributed by atoms with Gasteiger partial charge in [0.2, 0.25) is 0 Å². The number of aryl methyl sites for hydroxylation is 4. The highest BCUT2D eigenvalue weighted by Gasteiger charge is 2.41. The third kappa shape index (κ3) is 4.28. The largest absolute Gasteiger partial charge is 0.350 e. The van der Waals surface area contributed by atoms with Gasteiger partial charge in [0.15, 0.2) is 0 Å². The van der Waals surface area contributed by atoms with E-state index in [0.717, 1.165) is 33.5 Å². The number of carbonyl (C=O) groups is 2. The van der Waals surface area contributed by atoms with E-state index in [1.165, 1.54) is 10.5 Å². The molecule has 4 nitrogen and oxygen atoms in total. The summed E-state index contributed by atoms with van der Waals surface area (Å²) in [6.07, 6.45) is 0. The molecule has 1 aliphatic heterocycles. The van der Waals surface area contributed by atoms with Crippen LogP contribution >= 0.6 is 0 Å². The molecule has 0 atom stereocenters. The molecule has 0 radical (unpaired) electrons. The number of imide groups is 1. The lowest BCUT2D eigenvalue weighted by molar-refractivity contribution is -0.120. The van der Waals surface area contributed by atoms with Crippen molar-refractivity contribution in [3.63, 3.8) is 0 Å². The first kappa shape index (κ1) is 23.5. The van der Waals surface area contributed by atoms with Gasteiger partial charge in [-0.3, -0.25) is 9.59 Å². The van der Waals surface area contributed by atoms with Crippen LogP contribution in [-0.2, 0) is 15.0 Å². The summed E-state index contributed by atoms with van der Waals surface area (Å²) in [5.74, 6) is -0.654. The summed E-state index contributed by atoms with van der Waals surface area (Å²) in [4.78, 5) is 28.7. The van der Waals surface area contributed by atoms with Gasteiger partial charge in [0, 0.05) is 5.69 Å². The van der Waals surface area contributed by atoms with Gasteiger partial charge in [0.1, 0.15) is 5.70 Å². The lowest BCUT2D eigenvalue weighted by Gasteiger charge is -2.20. The van der Waals surface area contributed by atoms with E-state index in [1.807, 2.05) is 76.2 Å². The summed E-state index contributed by atoms with van der Waals surface area (Å²) in [5.41, 5.74) is 8.23. The number of anilines is 2. The van der Waals surface area contributed by atoms with Crippen LogP contribution in [0.3, 0.4) is 0 Å². The van der Waals surface area contributed by atoms with E-state index < -0.39 is 0 Å². The number of hydrogen-bond donors (Lipinski definition) is 1. The minimum Gasteiger partial charge on any atom is -0.350 e. The highest BCUT2D eigenvalue weighted by Crippen LogP contribution is 2.36. The van der Waals surface area contributed by atoms with Gasteiger partial charge in [-0.1, -0.05) is 68.8 Å². The monoisotopic (exact) mass is 452 g/mol. The second-order valence-corrected chi connectivity index (χ2v) is 10.2. The van der Waals surface area contributed by atoms with Gasteiger partial charge < -0.3 is 5.32 Å². The first-order valence-electron chi connectivity index (χ1n) is 11.6. The summed E-state index contributed by atoms with van der Waals surface area (Å²) in [6.45, 7) is 14.5. The molecule has 4 heteroatoms. The van der Waals surface area contributed by atoms with Gasteiger partial charge in [-0.05, 0) is 79.1 Å². The van der Waals surface area contributed by atoms with Crippen LogP contribution in [0.2, 0.25) is 0 Å². The van der Waals surface area contributed by atoms with E-state index in [9.17, 15) is 9.59 Å². The Morgan fingerprint density at radius 3 is 1.97 bits per heavy atom. The summed E-state index contributed by atoms with van der Waals surface area (Å²) < 4.78 is 0. The summed E-state index contributed by atoms with van der Waals surface area (Å²) in [7, 11) is 0. The number of amides is 2. The number of nitrogens with one attached hydrogen (secondary N) is 1. The van der Waals surface area contributed by atoms with E-state index in [1.54, 1.807) is 0 Å². The Morgan fingerprint density at radius 1 is 0.706 bits per heavy atom. The molecule has 3 aromatic rings. The average molecular weight is 453 g/mol. The zero-order valence-electron chi connectivity index (χ0n) is 21.0. The van der Waals surface area contributed by atoms with Gasteiger partial charge >= 0.3 is 0 Å². The predicted octanol–water partition coefficient (Wildman–Crippen LogP) is 6.61. The lowest BCUT2D eigenvalue weighted by atomic mass is 9.87. The Labute approximate surface area is 202 Å². The molecule has 3 aromatic carbocycles. The molecule has 1 N–H and O–H groups in total. The van der Waals surface area contributed by atoms with Crippen molar-refractivity contribution in [1.29, 1.82) is 0 Å². The first-order valence-corrected chi connectivity index (χ1v) is 11.6. The van der Waals surface area contributed by atoms with Crippen LogP contribution in [-0.4, -0.2) is 11.8 Å². The van der Waals surface area contributed by atoms with E-state index in [2.05, 4.69) is 38.2 Å². The smallest absolute Gasteiger partial charge is 0.282 e. The van der Waals surface area contributed by atoms with Crippen LogP contribution in [0, 0.1) is 27.7 Å². The van der Waals surface area contributed by atoms with Crippen molar-refractivity contribution in [2.75, 3.05) is 10.2 Å². The van der Waals surface area contributed by atoms with Crippen molar-refractivity contribution in [2.45, 2.75) is 53.9 Å². The molecule has 0 aliphatic carbocycles. The second-order valence-electron chi connectivity index (χ2n) is 10.2. The Morgan fingerprint density at radius 2 is 1.38 bits per heavy atom. The maximum Gasteiger partial charge on any atom is 0.282 e. The highest BCUT2D eigenvalue weighted by molar-refractivity contribution is 6.46. The minimum atomic E-state index is -0.343. The van der Waals surface area contributed by atoms with Crippen molar-refractivity contribution >= 4 is 28.8 Å². The third-order valence-electron chi connectivity index (χ3n) is 6.49. The quantitative estimate of drug-likeness (QED) is 0.453. The molecule has 0 spiro atoms. The zero-order chi connectivity index (χ0) is 24.8. The number of carbonyl (C=O) groups excluding carboxylic acids is 2. The van der Waals surface area contributed by atoms with Crippen molar-refractivity contribution in [3.8, 4) is 0 Å². The topological polar surface area (TPSA) is 49.4 Å². The summed E-state index contributed by atoms with van der Waals surface area (Å²) in [5, 5.41) is 3.28. The Bertz CT molecular complexity index is 1320. The van der Waals surface area contributed by atoms with Crippen LogP contribution in [0.15, 0.2) is 66.4 Å². The van der Waals surface area contributed by atoms with Gasteiger partial charge in [0.05, 0.1) is 11.3 Å². The fraction of sp³-hybridized carbons (Fsp3) is 0.267. The van der Waals surface area contributed by atoms with Crippen LogP contribution in [0.1, 0.15) is 54.2 Å². The normalized spacial score (nSPS) is 14.3. The lowest BCUT2D eigenvalue weighted by Crippen LogP contribution is -2.33. The van der Waals surface area contributed by atoms with Crippen molar-refractivity contribution in [3.05, 3.63) is 99.7 Å². The summed E-state index contributed by atoms with van der Waals surface area (Å²) >= 11 is 0. The predicted molar refractivity (Wildman–Crippen MR) is 140 cm³/mol. The van der Waals surface area contributed by atoms with E-state index in [4.69, 9.17) is 0 Å². The highest BCUT2D eigenvalue weighted by atomic mass is 16.2. The molecule has 174 valence electrons. The molecule has 1 heterocycles. The van der Waals surface area contributed by atoms with Gasteiger partial charge in [-0.2, -0.15) is 0 Å². The molecule has 0 bridgehead atoms. The fourth-order valence-electron chi connectivity index (χ4n) is 4.28. The average Bonchev–Trinajstić information content (AvgIpc) is 3.00. The summed E-state index contributed by atoms with van der Waals surface area (Å²) in [6, 6.07) is 19.7. The van der Waals surface area contributed by atoms with E-state index >= 15 is 0 Å². The van der Waals surface area contributed by atoms with Crippen LogP contribution in [0.4, 0.5) is 11.4 Å². The molecule has 0 fully saturated rings. The molecule has 0 saturated carbocycles. The molecule has 1 aliphatic rings. The molecule has 0 unspecified atom stereocenters. The SMILES string of the molecule is Cc1ccc(N2C(=O)C(Nc3ccc(C(C)(C)C)cc3)=C(c3ccc(C)c(C)c3)C2=O)c(C)c1. The van der Waals surface area contributed by atoms with Gasteiger partial charge in [0.25, 0.3) is 11.8 Å². The number of benzene rings is 3. The maximum atomic E-state index is 13.7. The maximum absolute atomic E-state index is 13.7. The van der Waals surface area contributed by atoms with Gasteiger partial charge in [-0.15, -0.1) is 0 Å². The molecule has 34 heavy (non-hydrogen) atoms. The van der Waals surface area contributed by atoms with E-state index in [0.29, 0.717) is 17.0 Å². The molecular formula is C30H32N2O2. The Kier molecular flexibility index (Phi) is 5.94. The molecule has 0 aromatic heterocycles. The fourth-order valence-corrected chi connectivity index (χ4v) is 4.28. The number of rotatable bonds is 4. The van der Waals surface area contributed by atoms with Crippen molar-refractivity contribution in [2.24, 2.45) is 0 Å². The standard InChI is InChI=1S/C30H32N2O2/c1-18-8-15-25(21(4)16-18)32-28(33)26(22-10-9-19(2)20(3)17-22)27(29(32)34)31-24-13-11-23(12-14-24)30(5,6)7/h8-17,31H,1-7H3. The van der Waals surface area contributed by atoms with Crippen LogP contribution in [0.25, 0.3) is 5.57 Å². The van der Waals surface area contributed by atoms with Crippen LogP contribution in [0.5, 0.6) is 0 Å². The first-order chi connectivity index (χ1) is 16.0. The zero-order valence-corrected chi connectivity index (χ0v) is 21.0.